The van der Waals surface area contributed by atoms with Gasteiger partial charge in [0.25, 0.3) is 5.91 Å². The van der Waals surface area contributed by atoms with Crippen molar-refractivity contribution in [1.82, 2.24) is 50.9 Å². The van der Waals surface area contributed by atoms with Crippen molar-refractivity contribution >= 4 is 58.0 Å². The second kappa shape index (κ2) is 31.7. The molecular weight excluding hydrogens is 1120 g/mol. The van der Waals surface area contributed by atoms with Gasteiger partial charge in [-0.25, -0.2) is 9.97 Å². The first-order valence-corrected chi connectivity index (χ1v) is 31.3. The summed E-state index contributed by atoms with van der Waals surface area (Å²) in [5, 5.41) is 14.3. The number of methoxy groups -OCH3 is 1. The van der Waals surface area contributed by atoms with E-state index in [9.17, 15) is 24.0 Å². The minimum absolute atomic E-state index is 0.0214. The zero-order chi connectivity index (χ0) is 60.3. The fourth-order valence-corrected chi connectivity index (χ4v) is 12.4. The molecule has 0 spiro atoms. The van der Waals surface area contributed by atoms with Crippen molar-refractivity contribution in [3.8, 4) is 11.5 Å². The largest absolute Gasteiger partial charge is 0.497 e. The van der Waals surface area contributed by atoms with Crippen molar-refractivity contribution in [2.24, 2.45) is 11.7 Å². The first kappa shape index (κ1) is 63.6. The van der Waals surface area contributed by atoms with Crippen molar-refractivity contribution in [3.05, 3.63) is 113 Å². The number of carbonyl (C=O) groups is 5. The number of piperidine rings is 2. The number of rotatable bonds is 28. The molecule has 86 heavy (non-hydrogen) atoms. The lowest BCUT2D eigenvalue weighted by Crippen LogP contribution is -2.60. The summed E-state index contributed by atoms with van der Waals surface area (Å²) >= 11 is 6.27. The highest BCUT2D eigenvalue weighted by atomic mass is 35.5. The van der Waals surface area contributed by atoms with Gasteiger partial charge in [-0.3, -0.25) is 28.9 Å². The lowest BCUT2D eigenvalue weighted by atomic mass is 9.83. The molecule has 0 bridgehead atoms. The summed E-state index contributed by atoms with van der Waals surface area (Å²) in [6.45, 7) is 10.3. The molecular formula is C64H87ClN12O9. The number of hydrogen-bond acceptors (Lipinski definition) is 15. The Hall–Kier alpha value is -6.88. The van der Waals surface area contributed by atoms with Crippen LogP contribution < -0.4 is 41.4 Å². The molecule has 3 aliphatic heterocycles. The molecule has 3 saturated heterocycles. The molecule has 4 aliphatic rings. The Morgan fingerprint density at radius 3 is 2.36 bits per heavy atom. The number of H-pyrrole nitrogens is 1. The lowest BCUT2D eigenvalue weighted by molar-refractivity contribution is -0.134. The number of nitrogens with two attached hydrogens (primary N) is 1. The zero-order valence-corrected chi connectivity index (χ0v) is 50.8. The van der Waals surface area contributed by atoms with Crippen molar-refractivity contribution in [3.63, 3.8) is 0 Å². The average molecular weight is 1200 g/mol. The number of nitrogens with zero attached hydrogens (tertiary/aromatic N) is 6. The Kier molecular flexibility index (Phi) is 23.4. The summed E-state index contributed by atoms with van der Waals surface area (Å²) in [4.78, 5) is 88.6. The van der Waals surface area contributed by atoms with Crippen LogP contribution in [0.15, 0.2) is 85.3 Å². The molecule has 5 aromatic rings. The van der Waals surface area contributed by atoms with Gasteiger partial charge in [0.1, 0.15) is 35.3 Å². The van der Waals surface area contributed by atoms with E-state index in [2.05, 4.69) is 46.0 Å². The van der Waals surface area contributed by atoms with Crippen LogP contribution in [0.5, 0.6) is 11.5 Å². The molecule has 9 rings (SSSR count). The molecule has 21 nitrogen and oxygen atoms in total. The molecule has 4 fully saturated rings. The third kappa shape index (κ3) is 17.4. The van der Waals surface area contributed by atoms with Gasteiger partial charge in [0, 0.05) is 106 Å². The third-order valence-electron chi connectivity index (χ3n) is 17.4. The SMILES string of the molecule is CCOc1cc(OC)ccc1CNCC(=O)N1CCCC(c2cccc(C(=O)N[C@H](C(=O)NCCOCCOCCC(=O)N3CCN(CC[C@H](NC(=O)C4(N)CCN(c5ncnc6[nH]ccc56)CC4)c4ccc(Cl)cc4)CC3)C3CCCCC3)c2)C1. The van der Waals surface area contributed by atoms with E-state index in [1.165, 1.54) is 0 Å². The number of halogens is 1. The van der Waals surface area contributed by atoms with Gasteiger partial charge in [-0.05, 0) is 105 Å². The Morgan fingerprint density at radius 1 is 0.814 bits per heavy atom. The number of aromatic nitrogens is 3. The third-order valence-corrected chi connectivity index (χ3v) is 17.7. The van der Waals surface area contributed by atoms with E-state index in [4.69, 9.17) is 36.3 Å². The zero-order valence-electron chi connectivity index (χ0n) is 50.0. The summed E-state index contributed by atoms with van der Waals surface area (Å²) in [6, 6.07) is 21.8. The molecule has 3 atom stereocenters. The number of hydrogen-bond donors (Lipinski definition) is 6. The van der Waals surface area contributed by atoms with Crippen LogP contribution in [0.1, 0.15) is 117 Å². The van der Waals surface area contributed by atoms with E-state index >= 15 is 0 Å². The Morgan fingerprint density at radius 2 is 1.59 bits per heavy atom. The van der Waals surface area contributed by atoms with Gasteiger partial charge in [-0.1, -0.05) is 61.2 Å². The van der Waals surface area contributed by atoms with E-state index in [0.29, 0.717) is 114 Å². The second-order valence-electron chi connectivity index (χ2n) is 23.1. The van der Waals surface area contributed by atoms with Gasteiger partial charge in [-0.2, -0.15) is 0 Å². The fourth-order valence-electron chi connectivity index (χ4n) is 12.3. The van der Waals surface area contributed by atoms with Crippen molar-refractivity contribution in [2.45, 2.75) is 108 Å². The summed E-state index contributed by atoms with van der Waals surface area (Å²) in [5.41, 5.74) is 9.98. The van der Waals surface area contributed by atoms with Crippen molar-refractivity contribution in [2.75, 3.05) is 117 Å². The number of nitrogens with one attached hydrogen (secondary N) is 5. The number of ether oxygens (including phenoxy) is 4. The van der Waals surface area contributed by atoms with E-state index in [1.54, 1.807) is 19.5 Å². The summed E-state index contributed by atoms with van der Waals surface area (Å²) < 4.78 is 22.7. The Bertz CT molecular complexity index is 3020. The number of benzene rings is 3. The van der Waals surface area contributed by atoms with Gasteiger partial charge >= 0.3 is 0 Å². The minimum Gasteiger partial charge on any atom is -0.497 e. The first-order chi connectivity index (χ1) is 41.9. The molecule has 2 aromatic heterocycles. The molecule has 1 saturated carbocycles. The molecule has 464 valence electrons. The number of fused-ring (bicyclic) bond motifs is 1. The number of anilines is 1. The van der Waals surface area contributed by atoms with Crippen LogP contribution in [0, 0.1) is 5.92 Å². The van der Waals surface area contributed by atoms with Gasteiger partial charge in [0.05, 0.1) is 70.1 Å². The maximum absolute atomic E-state index is 14.0. The van der Waals surface area contributed by atoms with Crippen LogP contribution in [0.25, 0.3) is 11.0 Å². The summed E-state index contributed by atoms with van der Waals surface area (Å²) in [5.74, 6) is 1.73. The highest BCUT2D eigenvalue weighted by Crippen LogP contribution is 2.32. The molecule has 3 aromatic carbocycles. The summed E-state index contributed by atoms with van der Waals surface area (Å²) in [7, 11) is 1.62. The molecule has 1 aliphatic carbocycles. The normalized spacial score (nSPS) is 18.3. The number of carbonyl (C=O) groups excluding carboxylic acids is 5. The minimum atomic E-state index is -1.03. The average Bonchev–Trinajstić information content (AvgIpc) is 3.71. The Balaban J connectivity index is 0.649. The molecule has 22 heteroatoms. The number of piperazine rings is 1. The van der Waals surface area contributed by atoms with Crippen LogP contribution in [0.3, 0.4) is 0 Å². The predicted octanol–water partition coefficient (Wildman–Crippen LogP) is 6.12. The van der Waals surface area contributed by atoms with Crippen molar-refractivity contribution in [1.29, 1.82) is 0 Å². The van der Waals surface area contributed by atoms with E-state index < -0.39 is 11.6 Å². The standard InChI is InChI=1S/C64H87ClN12O9/c1-3-86-55-40-52(83-2)19-16-49(55)41-67-42-57(79)77-27-8-13-50(43-77)47-11-7-12-48(39-47)61(80)73-58(46-9-5-4-6-10-46)62(81)69-26-36-85-38-37-84-35-22-56(78)75-33-31-74(32-34-75)28-21-54(45-14-17-51(65)18-15-45)72-63(82)64(66)23-29-76(30-24-64)60-53-20-25-68-59(53)70-44-71-60/h7,11-12,14-20,25,39-40,44,46,50,54,58,67H,3-6,8-10,13,21-24,26-38,41-43,66H2,1-2H3,(H,69,81)(H,72,82)(H,73,80)(H,68,70,71)/t50?,54-,58-/m0/s1. The second-order valence-corrected chi connectivity index (χ2v) is 23.5. The molecule has 1 unspecified atom stereocenters. The first-order valence-electron chi connectivity index (χ1n) is 30.9. The molecule has 0 radical (unpaired) electrons. The van der Waals surface area contributed by atoms with E-state index in [-0.39, 0.29) is 80.1 Å². The quantitative estimate of drug-likeness (QED) is 0.0309. The summed E-state index contributed by atoms with van der Waals surface area (Å²) in [6.07, 6.45) is 11.9. The topological polar surface area (TPSA) is 251 Å². The van der Waals surface area contributed by atoms with Gasteiger partial charge < -0.3 is 65.6 Å². The predicted molar refractivity (Wildman–Crippen MR) is 330 cm³/mol. The van der Waals surface area contributed by atoms with E-state index in [1.807, 2.05) is 89.7 Å². The van der Waals surface area contributed by atoms with Crippen molar-refractivity contribution < 1.29 is 42.9 Å². The fraction of sp³-hybridized carbons (Fsp3) is 0.547. The smallest absolute Gasteiger partial charge is 0.251 e. The van der Waals surface area contributed by atoms with Gasteiger partial charge in [0.15, 0.2) is 0 Å². The van der Waals surface area contributed by atoms with Crippen LogP contribution in [0.2, 0.25) is 5.02 Å². The van der Waals surface area contributed by atoms with Gasteiger partial charge in [0.2, 0.25) is 23.6 Å². The maximum Gasteiger partial charge on any atom is 0.251 e. The monoisotopic (exact) mass is 1200 g/mol. The van der Waals surface area contributed by atoms with Crippen LogP contribution >= 0.6 is 11.6 Å². The van der Waals surface area contributed by atoms with Crippen LogP contribution in [0.4, 0.5) is 5.82 Å². The van der Waals surface area contributed by atoms with E-state index in [0.717, 1.165) is 90.8 Å². The Labute approximate surface area is 510 Å². The van der Waals surface area contributed by atoms with Gasteiger partial charge in [-0.15, -0.1) is 0 Å². The van der Waals surface area contributed by atoms with Crippen LogP contribution in [-0.2, 0) is 35.2 Å². The highest BCUT2D eigenvalue weighted by Gasteiger charge is 2.40. The molecule has 5 heterocycles. The molecule has 5 amide bonds. The number of amides is 5. The number of likely N-dealkylation sites (tertiary alicyclic amines) is 1. The van der Waals surface area contributed by atoms with Crippen LogP contribution in [-0.4, -0.2) is 183 Å². The highest BCUT2D eigenvalue weighted by molar-refractivity contribution is 6.30. The molecule has 7 N–H and O–H groups in total. The maximum atomic E-state index is 14.0. The lowest BCUT2D eigenvalue weighted by Gasteiger charge is -2.39. The number of aromatic amines is 1.